The maximum absolute atomic E-state index is 11.9. The third-order valence-corrected chi connectivity index (χ3v) is 4.14. The van der Waals surface area contributed by atoms with Crippen molar-refractivity contribution in [2.45, 2.75) is 50.9 Å². The van der Waals surface area contributed by atoms with E-state index in [4.69, 9.17) is 4.74 Å². The third-order valence-electron chi connectivity index (χ3n) is 4.14. The first-order valence-electron chi connectivity index (χ1n) is 7.10. The summed E-state index contributed by atoms with van der Waals surface area (Å²) in [5, 5.41) is 30.6. The van der Waals surface area contributed by atoms with Gasteiger partial charge in [-0.05, 0) is 20.8 Å². The van der Waals surface area contributed by atoms with E-state index >= 15 is 0 Å². The first-order valence-corrected chi connectivity index (χ1v) is 7.10. The fraction of sp³-hybridized carbons (Fsp3) is 0.571. The molecule has 4 N–H and O–H groups in total. The highest BCUT2D eigenvalue weighted by atomic mass is 16.6. The number of aromatic nitrogens is 2. The smallest absolute Gasteiger partial charge is 0.330 e. The summed E-state index contributed by atoms with van der Waals surface area (Å²) in [6.07, 6.45) is -5.70. The first-order chi connectivity index (χ1) is 11.0. The van der Waals surface area contributed by atoms with E-state index in [2.05, 4.69) is 0 Å². The summed E-state index contributed by atoms with van der Waals surface area (Å²) in [5.74, 6) is -1.95. The number of ether oxygens (including phenoxy) is 1. The maximum Gasteiger partial charge on any atom is 0.330 e. The normalized spacial score (nSPS) is 27.2. The molecule has 0 amide bonds. The van der Waals surface area contributed by atoms with Gasteiger partial charge in [0.1, 0.15) is 18.3 Å². The van der Waals surface area contributed by atoms with E-state index in [1.165, 1.54) is 6.92 Å². The second-order valence-electron chi connectivity index (χ2n) is 5.79. The van der Waals surface area contributed by atoms with Crippen LogP contribution in [0.2, 0.25) is 0 Å². The van der Waals surface area contributed by atoms with Gasteiger partial charge in [-0.15, -0.1) is 0 Å². The van der Waals surface area contributed by atoms with Gasteiger partial charge in [0.2, 0.25) is 5.60 Å². The van der Waals surface area contributed by atoms with Crippen molar-refractivity contribution in [3.8, 4) is 0 Å². The molecule has 4 atom stereocenters. The molecule has 1 aromatic rings. The van der Waals surface area contributed by atoms with Crippen LogP contribution in [-0.2, 0) is 14.3 Å². The molecular weight excluding hydrogens is 324 g/mol. The molecule has 24 heavy (non-hydrogen) atoms. The lowest BCUT2D eigenvalue weighted by atomic mass is 9.85. The Bertz CT molecular complexity index is 781. The summed E-state index contributed by atoms with van der Waals surface area (Å²) in [7, 11) is 0. The fourth-order valence-corrected chi connectivity index (χ4v) is 2.66. The number of nitrogens with one attached hydrogen (secondary N) is 1. The van der Waals surface area contributed by atoms with Crippen LogP contribution in [0, 0.1) is 6.92 Å². The third kappa shape index (κ3) is 2.63. The quantitative estimate of drug-likeness (QED) is 0.433. The summed E-state index contributed by atoms with van der Waals surface area (Å²) < 4.78 is 6.10. The van der Waals surface area contributed by atoms with E-state index in [1.54, 1.807) is 0 Å². The predicted octanol–water partition coefficient (Wildman–Crippen LogP) is -2.63. The lowest BCUT2D eigenvalue weighted by Crippen LogP contribution is -2.58. The van der Waals surface area contributed by atoms with Gasteiger partial charge >= 0.3 is 5.69 Å². The highest BCUT2D eigenvalue weighted by molar-refractivity contribution is 6.09. The molecule has 0 saturated carbocycles. The van der Waals surface area contributed by atoms with Crippen molar-refractivity contribution in [2.75, 3.05) is 0 Å². The van der Waals surface area contributed by atoms with Crippen LogP contribution < -0.4 is 11.2 Å². The highest BCUT2D eigenvalue weighted by Crippen LogP contribution is 2.35. The van der Waals surface area contributed by atoms with Crippen molar-refractivity contribution in [2.24, 2.45) is 0 Å². The Kier molecular flexibility index (Phi) is 4.59. The summed E-state index contributed by atoms with van der Waals surface area (Å²) in [6.45, 7) is 3.28. The Morgan fingerprint density at radius 1 is 1.21 bits per heavy atom. The number of hydrogen-bond acceptors (Lipinski definition) is 8. The Labute approximate surface area is 135 Å². The zero-order valence-corrected chi connectivity index (χ0v) is 13.2. The van der Waals surface area contributed by atoms with Crippen LogP contribution in [0.1, 0.15) is 25.6 Å². The van der Waals surface area contributed by atoms with Gasteiger partial charge < -0.3 is 20.1 Å². The molecule has 10 heteroatoms. The van der Waals surface area contributed by atoms with Crippen molar-refractivity contribution in [3.05, 3.63) is 32.6 Å². The monoisotopic (exact) mass is 342 g/mol. The SMILES string of the molecule is CC(=O)C(O)(C(C)=O)[C@H]1O[C@@H](n2cc(C)c(=O)[nH]c2=O)[C@H](O)[C@@H]1O. The van der Waals surface area contributed by atoms with Gasteiger partial charge in [0.25, 0.3) is 5.56 Å². The van der Waals surface area contributed by atoms with Crippen LogP contribution in [0.15, 0.2) is 15.8 Å². The summed E-state index contributed by atoms with van der Waals surface area (Å²) in [6, 6.07) is 0. The summed E-state index contributed by atoms with van der Waals surface area (Å²) in [5.41, 5.74) is -4.09. The zero-order chi connectivity index (χ0) is 18.4. The van der Waals surface area contributed by atoms with Crippen LogP contribution in [-0.4, -0.2) is 60.4 Å². The van der Waals surface area contributed by atoms with Gasteiger partial charge in [-0.1, -0.05) is 0 Å². The van der Waals surface area contributed by atoms with Crippen molar-refractivity contribution >= 4 is 11.6 Å². The maximum atomic E-state index is 11.9. The van der Waals surface area contributed by atoms with Crippen LogP contribution in [0.4, 0.5) is 0 Å². The van der Waals surface area contributed by atoms with Crippen LogP contribution in [0.3, 0.4) is 0 Å². The topological polar surface area (TPSA) is 159 Å². The lowest BCUT2D eigenvalue weighted by Gasteiger charge is -2.30. The minimum Gasteiger partial charge on any atom is -0.387 e. The second kappa shape index (κ2) is 6.06. The Balaban J connectivity index is 2.50. The summed E-state index contributed by atoms with van der Waals surface area (Å²) in [4.78, 5) is 48.7. The van der Waals surface area contributed by atoms with Gasteiger partial charge in [0, 0.05) is 11.8 Å². The fourth-order valence-electron chi connectivity index (χ4n) is 2.66. The molecule has 10 nitrogen and oxygen atoms in total. The molecule has 0 aliphatic carbocycles. The van der Waals surface area contributed by atoms with Crippen molar-refractivity contribution < 1.29 is 29.6 Å². The first kappa shape index (κ1) is 18.2. The van der Waals surface area contributed by atoms with E-state index in [9.17, 15) is 34.5 Å². The molecule has 1 aromatic heterocycles. The van der Waals surface area contributed by atoms with Gasteiger partial charge in [-0.3, -0.25) is 23.9 Å². The van der Waals surface area contributed by atoms with Crippen molar-refractivity contribution in [3.63, 3.8) is 0 Å². The number of aryl methyl sites for hydroxylation is 1. The molecule has 0 spiro atoms. The number of ketones is 2. The number of rotatable bonds is 4. The molecule has 0 aromatic carbocycles. The Morgan fingerprint density at radius 2 is 1.75 bits per heavy atom. The molecule has 1 aliphatic rings. The van der Waals surface area contributed by atoms with E-state index < -0.39 is 53.0 Å². The standard InChI is InChI=1S/C14H18N2O8/c1-5-4-16(13(22)15-11(5)21)12-9(20)8(19)10(24-12)14(23,6(2)17)7(3)18/h4,8-10,12,19-20,23H,1-3H3,(H,15,21,22)/t8-,9+,10-,12+/m0/s1. The van der Waals surface area contributed by atoms with E-state index in [-0.39, 0.29) is 5.56 Å². The van der Waals surface area contributed by atoms with Crippen molar-refractivity contribution in [1.29, 1.82) is 0 Å². The summed E-state index contributed by atoms with van der Waals surface area (Å²) >= 11 is 0. The number of H-pyrrole nitrogens is 1. The molecule has 0 radical (unpaired) electrons. The number of carbonyl (C=O) groups excluding carboxylic acids is 2. The number of aliphatic hydroxyl groups excluding tert-OH is 2. The van der Waals surface area contributed by atoms with Crippen molar-refractivity contribution in [1.82, 2.24) is 9.55 Å². The van der Waals surface area contributed by atoms with Gasteiger partial charge in [-0.25, -0.2) is 4.79 Å². The lowest BCUT2D eigenvalue weighted by molar-refractivity contribution is -0.173. The highest BCUT2D eigenvalue weighted by Gasteiger charge is 2.58. The second-order valence-corrected chi connectivity index (χ2v) is 5.79. The average Bonchev–Trinajstić information content (AvgIpc) is 2.78. The zero-order valence-electron chi connectivity index (χ0n) is 13.2. The molecule has 1 saturated heterocycles. The largest absolute Gasteiger partial charge is 0.387 e. The van der Waals surface area contributed by atoms with Gasteiger partial charge in [0.15, 0.2) is 17.8 Å². The number of aromatic amines is 1. The van der Waals surface area contributed by atoms with E-state index in [0.717, 1.165) is 24.6 Å². The number of nitrogens with zero attached hydrogens (tertiary/aromatic N) is 1. The average molecular weight is 342 g/mol. The number of Topliss-reactive ketones (excluding diaryl/α,β-unsaturated/α-hetero) is 2. The number of hydrogen-bond donors (Lipinski definition) is 4. The number of carbonyl (C=O) groups is 2. The van der Waals surface area contributed by atoms with Gasteiger partial charge in [-0.2, -0.15) is 0 Å². The van der Waals surface area contributed by atoms with E-state index in [1.807, 2.05) is 4.98 Å². The molecule has 132 valence electrons. The van der Waals surface area contributed by atoms with E-state index in [0.29, 0.717) is 0 Å². The molecule has 2 rings (SSSR count). The van der Waals surface area contributed by atoms with Crippen LogP contribution >= 0.6 is 0 Å². The molecule has 1 aliphatic heterocycles. The molecular formula is C14H18N2O8. The minimum atomic E-state index is -2.67. The minimum absolute atomic E-state index is 0.136. The molecule has 0 unspecified atom stereocenters. The van der Waals surface area contributed by atoms with Crippen LogP contribution in [0.5, 0.6) is 0 Å². The molecule has 2 heterocycles. The van der Waals surface area contributed by atoms with Gasteiger partial charge in [0.05, 0.1) is 0 Å². The Hall–Kier alpha value is -2.14. The predicted molar refractivity (Wildman–Crippen MR) is 78.3 cm³/mol. The van der Waals surface area contributed by atoms with Crippen LogP contribution in [0.25, 0.3) is 0 Å². The molecule has 1 fully saturated rings. The molecule has 0 bridgehead atoms. The number of aliphatic hydroxyl groups is 3. The Morgan fingerprint density at radius 3 is 2.25 bits per heavy atom.